The van der Waals surface area contributed by atoms with Gasteiger partial charge in [-0.15, -0.1) is 11.8 Å². The summed E-state index contributed by atoms with van der Waals surface area (Å²) in [6.07, 6.45) is 7.79. The second-order valence-electron chi connectivity index (χ2n) is 12.2. The summed E-state index contributed by atoms with van der Waals surface area (Å²) in [5.74, 6) is 1.62. The number of hydrogen-bond donors (Lipinski definition) is 2. The Morgan fingerprint density at radius 2 is 1.91 bits per heavy atom. The molecule has 44 heavy (non-hydrogen) atoms. The Kier molecular flexibility index (Phi) is 8.55. The third-order valence-electron chi connectivity index (χ3n) is 9.40. The standard InChI is InChI=1S/C32H40N8O3S/c1-2-28(41)34-25-8-4-3-6-23(25)32(42)40-12-10-38(11-13-40)20-21-18-27-29(44-21)31(39-14-16-43-17-15-39)36-30(35-27)22-7-5-9-26-24(22)19-33-37-26/h2,5,7,9,19,21,23,25H,1,3-4,6,8,10-18,20H2,(H,33,37)(H,34,41)/t21?,23-,25+/m1/s1. The van der Waals surface area contributed by atoms with Crippen molar-refractivity contribution in [3.05, 3.63) is 42.7 Å². The zero-order valence-electron chi connectivity index (χ0n) is 25.0. The summed E-state index contributed by atoms with van der Waals surface area (Å²) in [5, 5.41) is 11.7. The molecule has 2 saturated heterocycles. The molecule has 2 amide bonds. The molecule has 0 bridgehead atoms. The van der Waals surface area contributed by atoms with Gasteiger partial charge in [0.05, 0.1) is 41.4 Å². The minimum absolute atomic E-state index is 0.0969. The van der Waals surface area contributed by atoms with Crippen LogP contribution in [0.4, 0.5) is 5.82 Å². The van der Waals surface area contributed by atoms with Crippen LogP contribution in [0.1, 0.15) is 31.4 Å². The molecular weight excluding hydrogens is 576 g/mol. The molecule has 5 heterocycles. The SMILES string of the molecule is C=CC(=O)N[C@H]1CCCC[C@H]1C(=O)N1CCN(CC2Cc3nc(-c4cccc5[nH]ncc45)nc(N4CCOCC4)c3S2)CC1. The highest BCUT2D eigenvalue weighted by Gasteiger charge is 2.37. The minimum atomic E-state index is -0.193. The number of nitrogens with zero attached hydrogens (tertiary/aromatic N) is 6. The predicted molar refractivity (Wildman–Crippen MR) is 171 cm³/mol. The van der Waals surface area contributed by atoms with Crippen LogP contribution < -0.4 is 10.2 Å². The van der Waals surface area contributed by atoms with Gasteiger partial charge in [-0.3, -0.25) is 19.6 Å². The second kappa shape index (κ2) is 12.9. The normalized spacial score (nSPS) is 24.3. The van der Waals surface area contributed by atoms with E-state index in [1.807, 2.05) is 35.0 Å². The van der Waals surface area contributed by atoms with Gasteiger partial charge in [-0.25, -0.2) is 9.97 Å². The molecular formula is C32H40N8O3S. The molecule has 12 heteroatoms. The van der Waals surface area contributed by atoms with Gasteiger partial charge in [0.2, 0.25) is 11.8 Å². The Hall–Kier alpha value is -3.48. The molecule has 2 N–H and O–H groups in total. The summed E-state index contributed by atoms with van der Waals surface area (Å²) in [6, 6.07) is 6.02. The molecule has 1 saturated carbocycles. The van der Waals surface area contributed by atoms with Crippen molar-refractivity contribution >= 4 is 40.3 Å². The quantitative estimate of drug-likeness (QED) is 0.386. The number of piperazine rings is 1. The van der Waals surface area contributed by atoms with Crippen molar-refractivity contribution in [1.82, 2.24) is 35.3 Å². The monoisotopic (exact) mass is 616 g/mol. The van der Waals surface area contributed by atoms with Crippen LogP contribution >= 0.6 is 11.8 Å². The molecule has 2 aromatic heterocycles. The van der Waals surface area contributed by atoms with Crippen molar-refractivity contribution in [3.8, 4) is 11.4 Å². The third-order valence-corrected chi connectivity index (χ3v) is 10.7. The number of carbonyl (C=O) groups excluding carboxylic acids is 2. The Balaban J connectivity index is 1.03. The highest BCUT2D eigenvalue weighted by molar-refractivity contribution is 8.00. The van der Waals surface area contributed by atoms with Crippen LogP contribution in [-0.2, 0) is 20.7 Å². The zero-order valence-corrected chi connectivity index (χ0v) is 25.9. The van der Waals surface area contributed by atoms with E-state index in [0.717, 1.165) is 112 Å². The molecule has 3 atom stereocenters. The summed E-state index contributed by atoms with van der Waals surface area (Å²) in [7, 11) is 0. The number of ether oxygens (including phenoxy) is 1. The zero-order chi connectivity index (χ0) is 30.0. The molecule has 7 rings (SSSR count). The Morgan fingerprint density at radius 1 is 1.09 bits per heavy atom. The molecule has 0 radical (unpaired) electrons. The smallest absolute Gasteiger partial charge is 0.243 e. The maximum atomic E-state index is 13.5. The van der Waals surface area contributed by atoms with Crippen molar-refractivity contribution in [1.29, 1.82) is 0 Å². The topological polar surface area (TPSA) is 120 Å². The molecule has 1 unspecified atom stereocenters. The van der Waals surface area contributed by atoms with E-state index in [1.54, 1.807) is 0 Å². The molecule has 1 aliphatic carbocycles. The molecule has 3 fully saturated rings. The number of H-pyrrole nitrogens is 1. The Labute approximate surface area is 261 Å². The van der Waals surface area contributed by atoms with Crippen LogP contribution in [0, 0.1) is 5.92 Å². The van der Waals surface area contributed by atoms with Gasteiger partial charge >= 0.3 is 0 Å². The van der Waals surface area contributed by atoms with Crippen molar-refractivity contribution in [3.63, 3.8) is 0 Å². The van der Waals surface area contributed by atoms with Gasteiger partial charge in [-0.1, -0.05) is 31.6 Å². The fraction of sp³-hybridized carbons (Fsp3) is 0.531. The Morgan fingerprint density at radius 3 is 2.73 bits per heavy atom. The molecule has 4 aliphatic rings. The summed E-state index contributed by atoms with van der Waals surface area (Å²) >= 11 is 1.90. The van der Waals surface area contributed by atoms with E-state index in [4.69, 9.17) is 14.7 Å². The van der Waals surface area contributed by atoms with Crippen LogP contribution in [-0.4, -0.2) is 112 Å². The summed E-state index contributed by atoms with van der Waals surface area (Å²) in [6.45, 7) is 10.7. The van der Waals surface area contributed by atoms with Gasteiger partial charge in [-0.05, 0) is 25.0 Å². The summed E-state index contributed by atoms with van der Waals surface area (Å²) in [5.41, 5.74) is 3.09. The van der Waals surface area contributed by atoms with Gasteiger partial charge in [0.1, 0.15) is 5.82 Å². The van der Waals surface area contributed by atoms with Crippen LogP contribution in [0.3, 0.4) is 0 Å². The number of hydrogen-bond acceptors (Lipinski definition) is 9. The van der Waals surface area contributed by atoms with Gasteiger partial charge in [0.15, 0.2) is 5.82 Å². The second-order valence-corrected chi connectivity index (χ2v) is 13.5. The van der Waals surface area contributed by atoms with E-state index in [2.05, 4.69) is 38.0 Å². The first-order valence-electron chi connectivity index (χ1n) is 15.8. The van der Waals surface area contributed by atoms with Crippen LogP contribution in [0.5, 0.6) is 0 Å². The fourth-order valence-corrected chi connectivity index (χ4v) is 8.46. The lowest BCUT2D eigenvalue weighted by atomic mass is 9.83. The van der Waals surface area contributed by atoms with Crippen LogP contribution in [0.15, 0.2) is 41.9 Å². The number of aromatic nitrogens is 4. The molecule has 1 aromatic carbocycles. The number of nitrogens with one attached hydrogen (secondary N) is 2. The van der Waals surface area contributed by atoms with Gasteiger partial charge < -0.3 is 19.9 Å². The average molecular weight is 617 g/mol. The lowest BCUT2D eigenvalue weighted by Gasteiger charge is -2.39. The first-order chi connectivity index (χ1) is 21.6. The van der Waals surface area contributed by atoms with Crippen LogP contribution in [0.25, 0.3) is 22.3 Å². The number of amides is 2. The number of carbonyl (C=O) groups is 2. The predicted octanol–water partition coefficient (Wildman–Crippen LogP) is 2.88. The average Bonchev–Trinajstić information content (AvgIpc) is 3.72. The van der Waals surface area contributed by atoms with E-state index in [0.29, 0.717) is 18.5 Å². The lowest BCUT2D eigenvalue weighted by Crippen LogP contribution is -2.55. The number of morpholine rings is 1. The van der Waals surface area contributed by atoms with E-state index >= 15 is 0 Å². The third kappa shape index (κ3) is 5.94. The number of anilines is 1. The van der Waals surface area contributed by atoms with Crippen molar-refractivity contribution < 1.29 is 14.3 Å². The minimum Gasteiger partial charge on any atom is -0.378 e. The molecule has 3 aromatic rings. The van der Waals surface area contributed by atoms with Crippen molar-refractivity contribution in [2.45, 2.75) is 48.3 Å². The molecule has 0 spiro atoms. The van der Waals surface area contributed by atoms with Gasteiger partial charge in [-0.2, -0.15) is 5.10 Å². The number of aromatic amines is 1. The molecule has 11 nitrogen and oxygen atoms in total. The fourth-order valence-electron chi connectivity index (χ4n) is 7.06. The van der Waals surface area contributed by atoms with Crippen molar-refractivity contribution in [2.75, 3.05) is 63.9 Å². The van der Waals surface area contributed by atoms with E-state index < -0.39 is 0 Å². The highest BCUT2D eigenvalue weighted by Crippen LogP contribution is 2.43. The van der Waals surface area contributed by atoms with Crippen molar-refractivity contribution in [2.24, 2.45) is 5.92 Å². The number of fused-ring (bicyclic) bond motifs is 2. The first-order valence-corrected chi connectivity index (χ1v) is 16.7. The van der Waals surface area contributed by atoms with E-state index in [9.17, 15) is 9.59 Å². The summed E-state index contributed by atoms with van der Waals surface area (Å²) in [4.78, 5) is 43.8. The first kappa shape index (κ1) is 29.2. The number of thioether (sulfide) groups is 1. The summed E-state index contributed by atoms with van der Waals surface area (Å²) < 4.78 is 5.65. The maximum Gasteiger partial charge on any atom is 0.243 e. The van der Waals surface area contributed by atoms with E-state index in [1.165, 1.54) is 11.0 Å². The largest absolute Gasteiger partial charge is 0.378 e. The van der Waals surface area contributed by atoms with Gasteiger partial charge in [0.25, 0.3) is 0 Å². The number of rotatable bonds is 7. The molecule has 3 aliphatic heterocycles. The van der Waals surface area contributed by atoms with Crippen LogP contribution in [0.2, 0.25) is 0 Å². The highest BCUT2D eigenvalue weighted by atomic mass is 32.2. The Bertz CT molecular complexity index is 1530. The maximum absolute atomic E-state index is 13.5. The van der Waals surface area contributed by atoms with Gasteiger partial charge in [0, 0.05) is 74.5 Å². The lowest BCUT2D eigenvalue weighted by molar-refractivity contribution is -0.139. The number of benzene rings is 1. The molecule has 232 valence electrons. The van der Waals surface area contributed by atoms with E-state index in [-0.39, 0.29) is 23.8 Å².